The maximum absolute atomic E-state index is 11.9. The van der Waals surface area contributed by atoms with Gasteiger partial charge < -0.3 is 0 Å². The first-order valence-corrected chi connectivity index (χ1v) is 3.86. The van der Waals surface area contributed by atoms with Crippen LogP contribution in [0.4, 0.5) is 13.2 Å². The summed E-state index contributed by atoms with van der Waals surface area (Å²) in [6.07, 6.45) is -2.56. The first kappa shape index (κ1) is 9.18. The van der Waals surface area contributed by atoms with Gasteiger partial charge in [-0.05, 0) is 0 Å². The fourth-order valence-corrected chi connectivity index (χ4v) is 1.28. The normalized spacial score (nSPS) is 11.6. The molecular formula is C6H5F3N2S. The van der Waals surface area contributed by atoms with E-state index in [0.717, 1.165) is 0 Å². The molecule has 0 N–H and O–H groups in total. The van der Waals surface area contributed by atoms with Crippen LogP contribution in [-0.4, -0.2) is 10.2 Å². The molecular weight excluding hydrogens is 189 g/mol. The second-order valence-electron chi connectivity index (χ2n) is 1.99. The molecule has 0 aliphatic heterocycles. The molecule has 0 aromatic carbocycles. The summed E-state index contributed by atoms with van der Waals surface area (Å²) >= 11 is 0.546. The first-order chi connectivity index (χ1) is 5.54. The van der Waals surface area contributed by atoms with Crippen molar-refractivity contribution in [3.63, 3.8) is 0 Å². The molecule has 12 heavy (non-hydrogen) atoms. The summed E-state index contributed by atoms with van der Waals surface area (Å²) < 4.78 is 35.8. The molecule has 1 aromatic rings. The van der Waals surface area contributed by atoms with Crippen molar-refractivity contribution in [2.75, 3.05) is 0 Å². The van der Waals surface area contributed by atoms with Crippen molar-refractivity contribution in [3.05, 3.63) is 22.7 Å². The van der Waals surface area contributed by atoms with Gasteiger partial charge in [0.1, 0.15) is 5.01 Å². The van der Waals surface area contributed by atoms with Crippen LogP contribution in [0.5, 0.6) is 0 Å². The fourth-order valence-electron chi connectivity index (χ4n) is 0.574. The third-order valence-electron chi connectivity index (χ3n) is 1.03. The van der Waals surface area contributed by atoms with Crippen molar-refractivity contribution in [1.29, 1.82) is 0 Å². The van der Waals surface area contributed by atoms with E-state index in [1.165, 1.54) is 6.08 Å². The summed E-state index contributed by atoms with van der Waals surface area (Å²) in [7, 11) is 0. The number of hydrogen-bond donors (Lipinski definition) is 0. The molecule has 0 aliphatic rings. The SMILES string of the molecule is C=CCc1nnc(C(F)(F)F)s1. The Morgan fingerprint density at radius 3 is 2.50 bits per heavy atom. The highest BCUT2D eigenvalue weighted by molar-refractivity contribution is 7.11. The summed E-state index contributed by atoms with van der Waals surface area (Å²) in [6.45, 7) is 3.39. The van der Waals surface area contributed by atoms with Crippen molar-refractivity contribution in [2.45, 2.75) is 12.6 Å². The Bertz CT molecular complexity index is 279. The quantitative estimate of drug-likeness (QED) is 0.675. The summed E-state index contributed by atoms with van der Waals surface area (Å²) in [6, 6.07) is 0. The number of alkyl halides is 3. The van der Waals surface area contributed by atoms with Gasteiger partial charge in [-0.15, -0.1) is 16.8 Å². The standard InChI is InChI=1S/C6H5F3N2S/c1-2-3-4-10-11-5(12-4)6(7,8)9/h2H,1,3H2. The van der Waals surface area contributed by atoms with Gasteiger partial charge in [-0.3, -0.25) is 0 Å². The lowest BCUT2D eigenvalue weighted by Gasteiger charge is -1.97. The lowest BCUT2D eigenvalue weighted by molar-refractivity contribution is -0.138. The first-order valence-electron chi connectivity index (χ1n) is 3.04. The number of nitrogens with zero attached hydrogens (tertiary/aromatic N) is 2. The van der Waals surface area contributed by atoms with Gasteiger partial charge in [0.15, 0.2) is 0 Å². The van der Waals surface area contributed by atoms with Crippen LogP contribution in [0.2, 0.25) is 0 Å². The van der Waals surface area contributed by atoms with Crippen LogP contribution < -0.4 is 0 Å². The van der Waals surface area contributed by atoms with Gasteiger partial charge in [-0.1, -0.05) is 17.4 Å². The van der Waals surface area contributed by atoms with Crippen LogP contribution in [0.25, 0.3) is 0 Å². The molecule has 0 fully saturated rings. The van der Waals surface area contributed by atoms with Crippen molar-refractivity contribution < 1.29 is 13.2 Å². The predicted molar refractivity (Wildman–Crippen MR) is 38.8 cm³/mol. The molecule has 66 valence electrons. The number of allylic oxidation sites excluding steroid dienone is 1. The third kappa shape index (κ3) is 2.04. The number of rotatable bonds is 2. The minimum atomic E-state index is -4.38. The summed E-state index contributed by atoms with van der Waals surface area (Å²) in [5, 5.41) is 5.78. The predicted octanol–water partition coefficient (Wildman–Crippen LogP) is 2.29. The Kier molecular flexibility index (Phi) is 2.46. The van der Waals surface area contributed by atoms with Crippen molar-refractivity contribution in [2.24, 2.45) is 0 Å². The highest BCUT2D eigenvalue weighted by atomic mass is 32.1. The second-order valence-corrected chi connectivity index (χ2v) is 3.05. The van der Waals surface area contributed by atoms with Crippen molar-refractivity contribution >= 4 is 11.3 Å². The average molecular weight is 194 g/mol. The topological polar surface area (TPSA) is 25.8 Å². The summed E-state index contributed by atoms with van der Waals surface area (Å²) in [4.78, 5) is 0. The van der Waals surface area contributed by atoms with Crippen LogP contribution in [0.1, 0.15) is 10.0 Å². The van der Waals surface area contributed by atoms with E-state index in [-0.39, 0.29) is 0 Å². The zero-order chi connectivity index (χ0) is 9.19. The molecule has 0 bridgehead atoms. The van der Waals surface area contributed by atoms with E-state index in [0.29, 0.717) is 22.8 Å². The van der Waals surface area contributed by atoms with Crippen LogP contribution >= 0.6 is 11.3 Å². The van der Waals surface area contributed by atoms with E-state index in [1.54, 1.807) is 0 Å². The molecule has 6 heteroatoms. The van der Waals surface area contributed by atoms with Crippen LogP contribution in [0.15, 0.2) is 12.7 Å². The van der Waals surface area contributed by atoms with E-state index in [9.17, 15) is 13.2 Å². The molecule has 1 aromatic heterocycles. The molecule has 1 rings (SSSR count). The van der Waals surface area contributed by atoms with E-state index in [2.05, 4.69) is 16.8 Å². The second kappa shape index (κ2) is 3.22. The van der Waals surface area contributed by atoms with E-state index in [1.807, 2.05) is 0 Å². The Morgan fingerprint density at radius 2 is 2.08 bits per heavy atom. The van der Waals surface area contributed by atoms with Gasteiger partial charge in [-0.2, -0.15) is 13.2 Å². The van der Waals surface area contributed by atoms with Gasteiger partial charge >= 0.3 is 6.18 Å². The van der Waals surface area contributed by atoms with E-state index in [4.69, 9.17) is 0 Å². The molecule has 0 atom stereocenters. The lowest BCUT2D eigenvalue weighted by Crippen LogP contribution is -2.03. The van der Waals surface area contributed by atoms with Gasteiger partial charge in [0.25, 0.3) is 0 Å². The molecule has 2 nitrogen and oxygen atoms in total. The minimum Gasteiger partial charge on any atom is -0.164 e. The maximum atomic E-state index is 11.9. The molecule has 1 heterocycles. The smallest absolute Gasteiger partial charge is 0.164 e. The molecule has 0 spiro atoms. The van der Waals surface area contributed by atoms with Crippen molar-refractivity contribution in [1.82, 2.24) is 10.2 Å². The highest BCUT2D eigenvalue weighted by Crippen LogP contribution is 2.31. The zero-order valence-electron chi connectivity index (χ0n) is 5.93. The highest BCUT2D eigenvalue weighted by Gasteiger charge is 2.35. The van der Waals surface area contributed by atoms with Crippen molar-refractivity contribution in [3.8, 4) is 0 Å². The average Bonchev–Trinajstić information content (AvgIpc) is 2.35. The van der Waals surface area contributed by atoms with Gasteiger partial charge in [0, 0.05) is 6.42 Å². The number of hydrogen-bond acceptors (Lipinski definition) is 3. The molecule has 0 saturated carbocycles. The fraction of sp³-hybridized carbons (Fsp3) is 0.333. The maximum Gasteiger partial charge on any atom is 0.445 e. The van der Waals surface area contributed by atoms with E-state index < -0.39 is 11.2 Å². The molecule has 0 aliphatic carbocycles. The van der Waals surface area contributed by atoms with Crippen LogP contribution in [0.3, 0.4) is 0 Å². The lowest BCUT2D eigenvalue weighted by atomic mass is 10.5. The monoisotopic (exact) mass is 194 g/mol. The van der Waals surface area contributed by atoms with Crippen LogP contribution in [-0.2, 0) is 12.6 Å². The number of aromatic nitrogens is 2. The Morgan fingerprint density at radius 1 is 1.42 bits per heavy atom. The van der Waals surface area contributed by atoms with Gasteiger partial charge in [-0.25, -0.2) is 0 Å². The Balaban J connectivity index is 2.84. The molecule has 0 saturated heterocycles. The molecule has 0 radical (unpaired) electrons. The minimum absolute atomic E-state index is 0.327. The van der Waals surface area contributed by atoms with Gasteiger partial charge in [0.05, 0.1) is 0 Å². The number of halogens is 3. The molecule has 0 amide bonds. The third-order valence-corrected chi connectivity index (χ3v) is 2.02. The Hall–Kier alpha value is -0.910. The zero-order valence-corrected chi connectivity index (χ0v) is 6.74. The van der Waals surface area contributed by atoms with E-state index >= 15 is 0 Å². The van der Waals surface area contributed by atoms with Gasteiger partial charge in [0.2, 0.25) is 5.01 Å². The summed E-state index contributed by atoms with van der Waals surface area (Å²) in [5.74, 6) is 0. The van der Waals surface area contributed by atoms with Crippen LogP contribution in [0, 0.1) is 0 Å². The largest absolute Gasteiger partial charge is 0.445 e. The molecule has 0 unspecified atom stereocenters. The summed E-state index contributed by atoms with van der Waals surface area (Å²) in [5.41, 5.74) is 0. The Labute approximate surface area is 70.7 Å².